The summed E-state index contributed by atoms with van der Waals surface area (Å²) in [4.78, 5) is 49.4. The zero-order valence-electron chi connectivity index (χ0n) is 31.2. The molecule has 0 unspecified atom stereocenters. The van der Waals surface area contributed by atoms with Crippen LogP contribution >= 0.6 is 0 Å². The summed E-state index contributed by atoms with van der Waals surface area (Å²) in [5.41, 5.74) is 5.26. The first-order valence-corrected chi connectivity index (χ1v) is 18.4. The summed E-state index contributed by atoms with van der Waals surface area (Å²) >= 11 is 0. The number of nitrogens with one attached hydrogen (secondary N) is 2. The molecular weight excluding hydrogens is 705 g/mol. The second-order valence-electron chi connectivity index (χ2n) is 15.3. The van der Waals surface area contributed by atoms with Crippen molar-refractivity contribution in [3.63, 3.8) is 0 Å². The Morgan fingerprint density at radius 1 is 1.05 bits per heavy atom. The summed E-state index contributed by atoms with van der Waals surface area (Å²) in [6, 6.07) is 12.8. The van der Waals surface area contributed by atoms with E-state index in [0.717, 1.165) is 60.9 Å². The molecule has 284 valence electrons. The zero-order valence-corrected chi connectivity index (χ0v) is 31.2. The summed E-state index contributed by atoms with van der Waals surface area (Å²) in [6.07, 6.45) is 6.61. The second kappa shape index (κ2) is 14.3. The van der Waals surface area contributed by atoms with Gasteiger partial charge in [0.25, 0.3) is 11.7 Å². The molecule has 8 rings (SSSR count). The van der Waals surface area contributed by atoms with Gasteiger partial charge in [0.15, 0.2) is 5.82 Å². The second-order valence-corrected chi connectivity index (χ2v) is 15.3. The number of amides is 4. The van der Waals surface area contributed by atoms with Crippen molar-refractivity contribution in [1.29, 1.82) is 0 Å². The summed E-state index contributed by atoms with van der Waals surface area (Å²) in [5.74, 6) is -0.0452. The van der Waals surface area contributed by atoms with E-state index < -0.39 is 23.2 Å². The number of anilines is 1. The van der Waals surface area contributed by atoms with Gasteiger partial charge in [-0.05, 0) is 73.7 Å². The summed E-state index contributed by atoms with van der Waals surface area (Å²) in [6.45, 7) is 8.82. The predicted molar refractivity (Wildman–Crippen MR) is 201 cm³/mol. The number of carbonyl (C=O) groups is 3. The van der Waals surface area contributed by atoms with Crippen LogP contribution in [0, 0.1) is 5.82 Å². The van der Waals surface area contributed by atoms with Gasteiger partial charge in [0.1, 0.15) is 12.1 Å². The third-order valence-corrected chi connectivity index (χ3v) is 10.4. The highest BCUT2D eigenvalue weighted by Crippen LogP contribution is 2.34. The summed E-state index contributed by atoms with van der Waals surface area (Å²) in [5, 5.41) is 18.7. The largest absolute Gasteiger partial charge is 0.345 e. The molecule has 4 aromatic heterocycles. The Morgan fingerprint density at radius 2 is 1.87 bits per heavy atom. The number of carbonyl (C=O) groups excluding carboxylic acids is 3. The molecule has 6 aromatic rings. The fraction of sp³-hybridized carbons (Fsp3) is 0.385. The smallest absolute Gasteiger partial charge is 0.329 e. The van der Waals surface area contributed by atoms with Crippen molar-refractivity contribution in [2.24, 2.45) is 7.05 Å². The Bertz CT molecular complexity index is 2440. The molecule has 0 spiro atoms. The molecule has 0 aliphatic carbocycles. The van der Waals surface area contributed by atoms with E-state index in [4.69, 9.17) is 4.52 Å². The molecule has 55 heavy (non-hydrogen) atoms. The van der Waals surface area contributed by atoms with Gasteiger partial charge in [-0.1, -0.05) is 44.1 Å². The molecule has 0 saturated carbocycles. The van der Waals surface area contributed by atoms with Gasteiger partial charge >= 0.3 is 6.03 Å². The first-order valence-electron chi connectivity index (χ1n) is 18.4. The minimum absolute atomic E-state index is 0.0402. The van der Waals surface area contributed by atoms with Crippen LogP contribution in [0.25, 0.3) is 27.7 Å². The monoisotopic (exact) mass is 747 g/mol. The Morgan fingerprint density at radius 3 is 2.62 bits per heavy atom. The molecule has 0 radical (unpaired) electrons. The molecule has 15 nitrogen and oxygen atoms in total. The molecule has 4 amide bonds. The average Bonchev–Trinajstić information content (AvgIpc) is 3.91. The van der Waals surface area contributed by atoms with E-state index >= 15 is 4.39 Å². The van der Waals surface area contributed by atoms with Crippen molar-refractivity contribution in [1.82, 2.24) is 50.1 Å². The molecule has 2 aromatic carbocycles. The molecule has 2 aliphatic rings. The van der Waals surface area contributed by atoms with Gasteiger partial charge in [-0.2, -0.15) is 15.2 Å². The quantitative estimate of drug-likeness (QED) is 0.208. The van der Waals surface area contributed by atoms with Gasteiger partial charge in [0, 0.05) is 61.2 Å². The Balaban J connectivity index is 0.874. The Labute approximate surface area is 315 Å². The first-order chi connectivity index (χ1) is 26.4. The van der Waals surface area contributed by atoms with E-state index in [0.29, 0.717) is 41.0 Å². The minimum atomic E-state index is -0.546. The minimum Gasteiger partial charge on any atom is -0.345 e. The fourth-order valence-electron chi connectivity index (χ4n) is 7.31. The number of fused-ring (bicyclic) bond motifs is 2. The number of nitrogens with zero attached hydrogens (tertiary/aromatic N) is 9. The number of imide groups is 1. The van der Waals surface area contributed by atoms with Crippen molar-refractivity contribution >= 4 is 40.1 Å². The SMILES string of the molecule is Cn1nc(N2CCC(=O)NC2=O)c2ccc(C3CCN(CCc4cc5c(-c6ccc(CNC(=O)c7noc(C(C)(C)C)n7)c(F)c6)ncnn5c4)CC3)cc21. The van der Waals surface area contributed by atoms with Crippen molar-refractivity contribution < 1.29 is 23.3 Å². The van der Waals surface area contributed by atoms with E-state index in [-0.39, 0.29) is 24.7 Å². The predicted octanol–water partition coefficient (Wildman–Crippen LogP) is 4.90. The van der Waals surface area contributed by atoms with Crippen molar-refractivity contribution in [3.05, 3.63) is 89.2 Å². The maximum absolute atomic E-state index is 15.3. The molecule has 0 atom stereocenters. The number of urea groups is 1. The molecule has 6 heterocycles. The lowest BCUT2D eigenvalue weighted by Gasteiger charge is -2.32. The molecule has 2 N–H and O–H groups in total. The highest BCUT2D eigenvalue weighted by Gasteiger charge is 2.29. The number of aromatic nitrogens is 7. The lowest BCUT2D eigenvalue weighted by atomic mass is 9.89. The lowest BCUT2D eigenvalue weighted by molar-refractivity contribution is -0.120. The molecule has 2 saturated heterocycles. The van der Waals surface area contributed by atoms with Crippen molar-refractivity contribution in [2.75, 3.05) is 31.1 Å². The van der Waals surface area contributed by atoms with Gasteiger partial charge in [-0.15, -0.1) is 0 Å². The molecule has 0 bridgehead atoms. The number of benzene rings is 2. The molecule has 2 aliphatic heterocycles. The molecule has 2 fully saturated rings. The summed E-state index contributed by atoms with van der Waals surface area (Å²) in [7, 11) is 1.88. The van der Waals surface area contributed by atoms with E-state index in [9.17, 15) is 14.4 Å². The van der Waals surface area contributed by atoms with Gasteiger partial charge < -0.3 is 14.7 Å². The van der Waals surface area contributed by atoms with Crippen LogP contribution in [0.1, 0.15) is 79.2 Å². The van der Waals surface area contributed by atoms with Crippen LogP contribution in [0.4, 0.5) is 15.0 Å². The van der Waals surface area contributed by atoms with Gasteiger partial charge in [-0.25, -0.2) is 18.7 Å². The van der Waals surface area contributed by atoms with Crippen LogP contribution in [0.5, 0.6) is 0 Å². The number of aryl methyl sites for hydroxylation is 1. The van der Waals surface area contributed by atoms with E-state index in [1.54, 1.807) is 21.3 Å². The van der Waals surface area contributed by atoms with Gasteiger partial charge in [0.05, 0.1) is 16.7 Å². The maximum atomic E-state index is 15.3. The van der Waals surface area contributed by atoms with Gasteiger partial charge in [0.2, 0.25) is 11.8 Å². The number of hydrogen-bond donors (Lipinski definition) is 2. The fourth-order valence-corrected chi connectivity index (χ4v) is 7.31. The van der Waals surface area contributed by atoms with E-state index in [1.807, 2.05) is 40.1 Å². The summed E-state index contributed by atoms with van der Waals surface area (Å²) < 4.78 is 24.1. The average molecular weight is 748 g/mol. The van der Waals surface area contributed by atoms with Gasteiger partial charge in [-0.3, -0.25) is 24.5 Å². The van der Waals surface area contributed by atoms with E-state index in [2.05, 4.69) is 59.1 Å². The number of halogens is 1. The number of likely N-dealkylation sites (tertiary alicyclic amines) is 1. The number of hydrogen-bond acceptors (Lipinski definition) is 10. The first kappa shape index (κ1) is 36.0. The molecular formula is C39H42FN11O4. The number of rotatable bonds is 9. The topological polar surface area (TPSA) is 169 Å². The Kier molecular flexibility index (Phi) is 9.37. The third-order valence-electron chi connectivity index (χ3n) is 10.4. The third kappa shape index (κ3) is 7.28. The standard InChI is InChI=1S/C39H42FN11O4/c1-39(2,3)37-45-34(47-55-37)36(53)41-20-27-6-5-26(18-29(27)40)33-31-17-23(21-51(31)43-22-42-33)9-13-49-14-10-24(11-15-49)25-7-8-28-30(19-25)48(4)46-35(28)50-16-12-32(52)44-38(50)54/h5-8,17-19,21-22,24H,9-16,20H2,1-4H3,(H,41,53)(H,44,52,54). The number of piperidine rings is 1. The zero-order chi connectivity index (χ0) is 38.4. The van der Waals surface area contributed by atoms with Crippen LogP contribution in [0.2, 0.25) is 0 Å². The van der Waals surface area contributed by atoms with Crippen molar-refractivity contribution in [2.45, 2.75) is 64.3 Å². The highest BCUT2D eigenvalue weighted by molar-refractivity contribution is 6.08. The van der Waals surface area contributed by atoms with Crippen LogP contribution < -0.4 is 15.5 Å². The van der Waals surface area contributed by atoms with Crippen molar-refractivity contribution in [3.8, 4) is 11.3 Å². The lowest BCUT2D eigenvalue weighted by Crippen LogP contribution is -2.49. The van der Waals surface area contributed by atoms with Crippen LogP contribution in [0.3, 0.4) is 0 Å². The maximum Gasteiger partial charge on any atom is 0.329 e. The highest BCUT2D eigenvalue weighted by atomic mass is 19.1. The Hall–Kier alpha value is -6.03. The van der Waals surface area contributed by atoms with E-state index in [1.165, 1.54) is 22.9 Å². The van der Waals surface area contributed by atoms with Crippen LogP contribution in [-0.2, 0) is 30.2 Å². The van der Waals surface area contributed by atoms with Crippen LogP contribution in [-0.4, -0.2) is 83.4 Å². The van der Waals surface area contributed by atoms with Crippen LogP contribution in [0.15, 0.2) is 59.5 Å². The normalized spacial score (nSPS) is 16.0. The molecule has 16 heteroatoms.